The number of nitro groups is 1. The summed E-state index contributed by atoms with van der Waals surface area (Å²) < 4.78 is 4.87. The van der Waals surface area contributed by atoms with Crippen LogP contribution < -0.4 is 5.32 Å². The van der Waals surface area contributed by atoms with Crippen LogP contribution in [0.3, 0.4) is 0 Å². The number of aromatic nitrogens is 2. The van der Waals surface area contributed by atoms with E-state index in [4.69, 9.17) is 4.52 Å². The Hall–Kier alpha value is -2.97. The van der Waals surface area contributed by atoms with Crippen LogP contribution in [0.4, 0.5) is 5.69 Å². The van der Waals surface area contributed by atoms with E-state index in [1.54, 1.807) is 6.92 Å². The predicted molar refractivity (Wildman–Crippen MR) is 69.8 cm³/mol. The minimum absolute atomic E-state index is 0.174. The zero-order chi connectivity index (χ0) is 15.4. The Bertz CT molecular complexity index is 682. The van der Waals surface area contributed by atoms with E-state index >= 15 is 0 Å². The van der Waals surface area contributed by atoms with Gasteiger partial charge >= 0.3 is 0 Å². The van der Waals surface area contributed by atoms with E-state index in [0.29, 0.717) is 18.1 Å². The topological polar surface area (TPSA) is 131 Å². The number of aromatic hydroxyl groups is 1. The SMILES string of the molecule is Cc1noc(CCNC(=O)c2cc(O)ccc2[N+](=O)[O-])n1. The fourth-order valence-electron chi connectivity index (χ4n) is 1.68. The molecular formula is C12H12N4O5. The Morgan fingerprint density at radius 2 is 2.29 bits per heavy atom. The molecule has 1 heterocycles. The maximum absolute atomic E-state index is 11.9. The van der Waals surface area contributed by atoms with Crippen LogP contribution in [0, 0.1) is 17.0 Å². The van der Waals surface area contributed by atoms with E-state index in [-0.39, 0.29) is 23.5 Å². The van der Waals surface area contributed by atoms with Crippen LogP contribution in [0.25, 0.3) is 0 Å². The first-order valence-corrected chi connectivity index (χ1v) is 6.02. The highest BCUT2D eigenvalue weighted by Gasteiger charge is 2.20. The molecule has 0 aliphatic carbocycles. The van der Waals surface area contributed by atoms with Gasteiger partial charge in [-0.3, -0.25) is 14.9 Å². The summed E-state index contributed by atoms with van der Waals surface area (Å²) in [5.41, 5.74) is -0.583. The van der Waals surface area contributed by atoms with Crippen molar-refractivity contribution in [3.63, 3.8) is 0 Å². The third-order valence-electron chi connectivity index (χ3n) is 2.62. The number of nitro benzene ring substituents is 1. The molecule has 2 N–H and O–H groups in total. The number of hydrogen-bond donors (Lipinski definition) is 2. The van der Waals surface area contributed by atoms with Crippen LogP contribution in [0.2, 0.25) is 0 Å². The molecule has 110 valence electrons. The van der Waals surface area contributed by atoms with E-state index in [2.05, 4.69) is 15.5 Å². The number of phenols is 1. The molecule has 1 aromatic heterocycles. The number of phenolic OH excluding ortho intramolecular Hbond substituents is 1. The van der Waals surface area contributed by atoms with Crippen molar-refractivity contribution in [1.29, 1.82) is 0 Å². The van der Waals surface area contributed by atoms with E-state index in [1.165, 1.54) is 0 Å². The summed E-state index contributed by atoms with van der Waals surface area (Å²) in [6.07, 6.45) is 0.305. The highest BCUT2D eigenvalue weighted by Crippen LogP contribution is 2.23. The summed E-state index contributed by atoms with van der Waals surface area (Å²) in [5.74, 6) is -0.0368. The van der Waals surface area contributed by atoms with Crippen molar-refractivity contribution in [3.8, 4) is 5.75 Å². The molecule has 0 saturated heterocycles. The zero-order valence-electron chi connectivity index (χ0n) is 11.1. The summed E-state index contributed by atoms with van der Waals surface area (Å²) in [6, 6.07) is 3.27. The predicted octanol–water partition coefficient (Wildman–Crippen LogP) is 0.964. The molecule has 2 aromatic rings. The van der Waals surface area contributed by atoms with Gasteiger partial charge in [0.15, 0.2) is 5.82 Å². The van der Waals surface area contributed by atoms with Crippen molar-refractivity contribution in [2.45, 2.75) is 13.3 Å². The second kappa shape index (κ2) is 5.99. The standard InChI is InChI=1S/C12H12N4O5/c1-7-14-11(21-15-7)4-5-13-12(18)9-6-8(17)2-3-10(9)16(19)20/h2-3,6,17H,4-5H2,1H3,(H,13,18). The molecule has 0 radical (unpaired) electrons. The summed E-state index contributed by atoms with van der Waals surface area (Å²) in [7, 11) is 0. The van der Waals surface area contributed by atoms with Gasteiger partial charge in [0.2, 0.25) is 5.89 Å². The van der Waals surface area contributed by atoms with Gasteiger partial charge in [0.05, 0.1) is 4.92 Å². The second-order valence-electron chi connectivity index (χ2n) is 4.20. The molecule has 0 spiro atoms. The Balaban J connectivity index is 2.03. The number of benzene rings is 1. The van der Waals surface area contributed by atoms with E-state index in [1.807, 2.05) is 0 Å². The van der Waals surface area contributed by atoms with Crippen molar-refractivity contribution >= 4 is 11.6 Å². The van der Waals surface area contributed by atoms with E-state index in [9.17, 15) is 20.0 Å². The Morgan fingerprint density at radius 1 is 1.52 bits per heavy atom. The van der Waals surface area contributed by atoms with Crippen LogP contribution in [-0.4, -0.2) is 32.6 Å². The summed E-state index contributed by atoms with van der Waals surface area (Å²) >= 11 is 0. The number of hydrogen-bond acceptors (Lipinski definition) is 7. The first-order chi connectivity index (χ1) is 9.97. The van der Waals surface area contributed by atoms with Gasteiger partial charge in [-0.05, 0) is 19.1 Å². The third kappa shape index (κ3) is 3.53. The van der Waals surface area contributed by atoms with Gasteiger partial charge in [0.1, 0.15) is 11.3 Å². The van der Waals surface area contributed by atoms with Crippen molar-refractivity contribution in [1.82, 2.24) is 15.5 Å². The number of amides is 1. The van der Waals surface area contributed by atoms with E-state index in [0.717, 1.165) is 18.2 Å². The molecule has 0 saturated carbocycles. The van der Waals surface area contributed by atoms with Gasteiger partial charge in [-0.15, -0.1) is 0 Å². The number of nitrogens with zero attached hydrogens (tertiary/aromatic N) is 3. The average molecular weight is 292 g/mol. The van der Waals surface area contributed by atoms with Crippen molar-refractivity contribution in [3.05, 3.63) is 45.6 Å². The lowest BCUT2D eigenvalue weighted by Gasteiger charge is -2.05. The number of nitrogens with one attached hydrogen (secondary N) is 1. The highest BCUT2D eigenvalue weighted by atomic mass is 16.6. The lowest BCUT2D eigenvalue weighted by Crippen LogP contribution is -2.26. The number of carbonyl (C=O) groups excluding carboxylic acids is 1. The van der Waals surface area contributed by atoms with Crippen LogP contribution >= 0.6 is 0 Å². The summed E-state index contributed by atoms with van der Waals surface area (Å²) in [4.78, 5) is 26.0. The molecule has 9 nitrogen and oxygen atoms in total. The highest BCUT2D eigenvalue weighted by molar-refractivity contribution is 5.98. The lowest BCUT2D eigenvalue weighted by atomic mass is 10.1. The van der Waals surface area contributed by atoms with E-state index < -0.39 is 10.8 Å². The number of carbonyl (C=O) groups is 1. The van der Waals surface area contributed by atoms with Gasteiger partial charge in [0.25, 0.3) is 11.6 Å². The minimum atomic E-state index is -0.685. The lowest BCUT2D eigenvalue weighted by molar-refractivity contribution is -0.385. The molecule has 2 rings (SSSR count). The molecule has 9 heteroatoms. The number of aryl methyl sites for hydroxylation is 1. The summed E-state index contributed by atoms with van der Waals surface area (Å²) in [5, 5.41) is 26.3. The van der Waals surface area contributed by atoms with Crippen molar-refractivity contribution in [2.75, 3.05) is 6.54 Å². The maximum Gasteiger partial charge on any atom is 0.282 e. The normalized spacial score (nSPS) is 10.3. The van der Waals surface area contributed by atoms with Crippen LogP contribution in [0.15, 0.2) is 22.7 Å². The van der Waals surface area contributed by atoms with Crippen LogP contribution in [-0.2, 0) is 6.42 Å². The third-order valence-corrected chi connectivity index (χ3v) is 2.62. The van der Waals surface area contributed by atoms with Gasteiger partial charge in [-0.1, -0.05) is 5.16 Å². The Kier molecular flexibility index (Phi) is 4.12. The maximum atomic E-state index is 11.9. The fraction of sp³-hybridized carbons (Fsp3) is 0.250. The molecule has 0 unspecified atom stereocenters. The molecular weight excluding hydrogens is 280 g/mol. The largest absolute Gasteiger partial charge is 0.508 e. The van der Waals surface area contributed by atoms with Crippen molar-refractivity contribution in [2.24, 2.45) is 0 Å². The first kappa shape index (κ1) is 14.4. The smallest absolute Gasteiger partial charge is 0.282 e. The average Bonchev–Trinajstić information content (AvgIpc) is 2.84. The Morgan fingerprint density at radius 3 is 2.90 bits per heavy atom. The molecule has 0 aliphatic heterocycles. The monoisotopic (exact) mass is 292 g/mol. The number of rotatable bonds is 5. The van der Waals surface area contributed by atoms with Gasteiger partial charge in [-0.2, -0.15) is 4.98 Å². The second-order valence-corrected chi connectivity index (χ2v) is 4.20. The molecule has 0 fully saturated rings. The Labute approximate surface area is 118 Å². The quantitative estimate of drug-likeness (QED) is 0.619. The molecule has 21 heavy (non-hydrogen) atoms. The molecule has 0 atom stereocenters. The fourth-order valence-corrected chi connectivity index (χ4v) is 1.68. The van der Waals surface area contributed by atoms with Gasteiger partial charge in [-0.25, -0.2) is 0 Å². The first-order valence-electron chi connectivity index (χ1n) is 6.02. The molecule has 1 aromatic carbocycles. The minimum Gasteiger partial charge on any atom is -0.508 e. The van der Waals surface area contributed by atoms with Crippen molar-refractivity contribution < 1.29 is 19.3 Å². The molecule has 1 amide bonds. The van der Waals surface area contributed by atoms with Gasteiger partial charge in [0, 0.05) is 19.0 Å². The summed E-state index contributed by atoms with van der Waals surface area (Å²) in [6.45, 7) is 1.84. The van der Waals surface area contributed by atoms with Gasteiger partial charge < -0.3 is 14.9 Å². The zero-order valence-corrected chi connectivity index (χ0v) is 11.1. The van der Waals surface area contributed by atoms with Crippen LogP contribution in [0.5, 0.6) is 5.75 Å². The molecule has 0 bridgehead atoms. The molecule has 0 aliphatic rings. The van der Waals surface area contributed by atoms with Crippen LogP contribution in [0.1, 0.15) is 22.1 Å².